The number of halogens is 7. The number of carbonyl (C=O) groups excluding carboxylic acids is 3. The number of carbonyl (C=O) groups is 3. The molecule has 2 N–H and O–H groups in total. The number of piperidine rings is 1. The van der Waals surface area contributed by atoms with Crippen LogP contribution in [0.25, 0.3) is 11.3 Å². The average molecular weight is 705 g/mol. The van der Waals surface area contributed by atoms with Crippen LogP contribution in [0.2, 0.25) is 5.02 Å². The van der Waals surface area contributed by atoms with E-state index < -0.39 is 42.9 Å². The lowest BCUT2D eigenvalue weighted by atomic mass is 9.96. The van der Waals surface area contributed by atoms with Gasteiger partial charge in [-0.2, -0.15) is 18.3 Å². The smallest absolute Gasteiger partial charge is 0.339 e. The molecular formula is C29H31ClF6N8O4. The molecule has 2 fully saturated rings. The van der Waals surface area contributed by atoms with Crippen molar-refractivity contribution >= 4 is 35.0 Å². The second kappa shape index (κ2) is 14.1. The first kappa shape index (κ1) is 35.2. The summed E-state index contributed by atoms with van der Waals surface area (Å²) in [5.74, 6) is -1.36. The molecule has 3 amide bonds. The van der Waals surface area contributed by atoms with E-state index in [-0.39, 0.29) is 45.5 Å². The van der Waals surface area contributed by atoms with E-state index in [2.05, 4.69) is 25.5 Å². The molecule has 0 saturated carbocycles. The first-order valence-electron chi connectivity index (χ1n) is 14.9. The van der Waals surface area contributed by atoms with Crippen LogP contribution in [0.4, 0.5) is 32.0 Å². The molecule has 5 rings (SSSR count). The molecular weight excluding hydrogens is 674 g/mol. The van der Waals surface area contributed by atoms with Gasteiger partial charge in [0.2, 0.25) is 5.91 Å². The lowest BCUT2D eigenvalue weighted by Crippen LogP contribution is -2.52. The molecule has 12 nitrogen and oxygen atoms in total. The Labute approximate surface area is 274 Å². The third kappa shape index (κ3) is 8.10. The van der Waals surface area contributed by atoms with E-state index in [0.29, 0.717) is 30.9 Å². The number of nitrogens with zero attached hydrogens (tertiary/aromatic N) is 6. The van der Waals surface area contributed by atoms with Gasteiger partial charge in [0.25, 0.3) is 11.8 Å². The highest BCUT2D eigenvalue weighted by atomic mass is 35.5. The predicted molar refractivity (Wildman–Crippen MR) is 159 cm³/mol. The Hall–Kier alpha value is -4.16. The molecule has 0 unspecified atom stereocenters. The van der Waals surface area contributed by atoms with Crippen LogP contribution in [0.5, 0.6) is 0 Å². The number of imidazole rings is 1. The standard InChI is InChI=1S/C29H31ClF6N8O4/c1-41-22(20-16-44(12-13-48-29(34,35)36)40-23(20)28(31,32)33)15-38-24(41)25(45)39-18-2-3-19(21(30)14-18)27(47)43-10-8-42(9-11-43)26(46)17-4-6-37-7-5-17/h2-3,14-17,37H,4-13H2,1H3,(H,39,45). The summed E-state index contributed by atoms with van der Waals surface area (Å²) in [6, 6.07) is 4.22. The molecule has 0 bridgehead atoms. The largest absolute Gasteiger partial charge is 0.522 e. The van der Waals surface area contributed by atoms with Gasteiger partial charge < -0.3 is 25.0 Å². The molecule has 4 heterocycles. The molecule has 0 aliphatic carbocycles. The number of hydrogen-bond acceptors (Lipinski definition) is 7. The Morgan fingerprint density at radius 3 is 2.33 bits per heavy atom. The van der Waals surface area contributed by atoms with E-state index in [1.165, 1.54) is 25.2 Å². The molecule has 19 heteroatoms. The van der Waals surface area contributed by atoms with Crippen LogP contribution in [0, 0.1) is 5.92 Å². The van der Waals surface area contributed by atoms with Crippen molar-refractivity contribution in [3.05, 3.63) is 52.7 Å². The highest BCUT2D eigenvalue weighted by molar-refractivity contribution is 6.34. The molecule has 2 aliphatic rings. The summed E-state index contributed by atoms with van der Waals surface area (Å²) in [5, 5.41) is 9.20. The van der Waals surface area contributed by atoms with E-state index in [9.17, 15) is 40.7 Å². The van der Waals surface area contributed by atoms with E-state index in [0.717, 1.165) is 42.9 Å². The quantitative estimate of drug-likeness (QED) is 0.339. The second-order valence-corrected chi connectivity index (χ2v) is 11.7. The van der Waals surface area contributed by atoms with Crippen LogP contribution < -0.4 is 10.6 Å². The zero-order valence-corrected chi connectivity index (χ0v) is 26.3. The number of anilines is 1. The maximum absolute atomic E-state index is 13.8. The Bertz CT molecular complexity index is 1660. The van der Waals surface area contributed by atoms with Gasteiger partial charge in [0, 0.05) is 51.0 Å². The van der Waals surface area contributed by atoms with Gasteiger partial charge in [0.15, 0.2) is 11.5 Å². The summed E-state index contributed by atoms with van der Waals surface area (Å²) in [5.41, 5.74) is -1.70. The van der Waals surface area contributed by atoms with Crippen molar-refractivity contribution in [1.29, 1.82) is 0 Å². The summed E-state index contributed by atoms with van der Waals surface area (Å²) in [7, 11) is 1.29. The summed E-state index contributed by atoms with van der Waals surface area (Å²) in [6.45, 7) is 1.50. The number of ether oxygens (including phenoxy) is 1. The maximum atomic E-state index is 13.8. The zero-order chi connectivity index (χ0) is 34.8. The van der Waals surface area contributed by atoms with Gasteiger partial charge in [-0.3, -0.25) is 23.8 Å². The lowest BCUT2D eigenvalue weighted by Gasteiger charge is -2.37. The van der Waals surface area contributed by atoms with Crippen LogP contribution >= 0.6 is 11.6 Å². The number of benzene rings is 1. The Balaban J connectivity index is 1.23. The first-order valence-corrected chi connectivity index (χ1v) is 15.3. The van der Waals surface area contributed by atoms with Crippen molar-refractivity contribution in [2.45, 2.75) is 31.9 Å². The second-order valence-electron chi connectivity index (χ2n) is 11.3. The molecule has 2 aliphatic heterocycles. The normalized spacial score (nSPS) is 16.3. The van der Waals surface area contributed by atoms with Gasteiger partial charge in [-0.05, 0) is 44.1 Å². The summed E-state index contributed by atoms with van der Waals surface area (Å²) >= 11 is 6.42. The highest BCUT2D eigenvalue weighted by Gasteiger charge is 2.39. The SMILES string of the molecule is Cn1c(-c2cn(CCOC(F)(F)F)nc2C(F)(F)F)cnc1C(=O)Nc1ccc(C(=O)N2CCN(C(=O)C3CCNCC3)CC2)c(Cl)c1. The van der Waals surface area contributed by atoms with E-state index in [1.807, 2.05) is 0 Å². The molecule has 0 spiro atoms. The van der Waals surface area contributed by atoms with Gasteiger partial charge >= 0.3 is 12.5 Å². The minimum Gasteiger partial charge on any atom is -0.339 e. The molecule has 0 radical (unpaired) electrons. The van der Waals surface area contributed by atoms with Gasteiger partial charge in [-0.25, -0.2) is 4.98 Å². The van der Waals surface area contributed by atoms with Crippen molar-refractivity contribution in [2.24, 2.45) is 13.0 Å². The lowest BCUT2D eigenvalue weighted by molar-refractivity contribution is -0.325. The van der Waals surface area contributed by atoms with E-state index in [4.69, 9.17) is 11.6 Å². The number of piperazine rings is 1. The predicted octanol–water partition coefficient (Wildman–Crippen LogP) is 4.03. The number of amides is 3. The number of hydrogen-bond donors (Lipinski definition) is 2. The van der Waals surface area contributed by atoms with Crippen molar-refractivity contribution in [1.82, 2.24) is 34.4 Å². The van der Waals surface area contributed by atoms with Crippen LogP contribution in [0.3, 0.4) is 0 Å². The summed E-state index contributed by atoms with van der Waals surface area (Å²) in [6.07, 6.45) is -6.45. The fourth-order valence-corrected chi connectivity index (χ4v) is 5.90. The van der Waals surface area contributed by atoms with E-state index in [1.54, 1.807) is 9.80 Å². The fraction of sp³-hybridized carbons (Fsp3) is 0.483. The Kier molecular flexibility index (Phi) is 10.4. The molecule has 3 aromatic rings. The highest BCUT2D eigenvalue weighted by Crippen LogP contribution is 2.36. The van der Waals surface area contributed by atoms with Crippen LogP contribution in [-0.4, -0.2) is 99.1 Å². The Morgan fingerprint density at radius 2 is 1.71 bits per heavy atom. The number of alkyl halides is 6. The number of aromatic nitrogens is 4. The molecule has 48 heavy (non-hydrogen) atoms. The maximum Gasteiger partial charge on any atom is 0.522 e. The van der Waals surface area contributed by atoms with Crippen molar-refractivity contribution in [3.63, 3.8) is 0 Å². The number of rotatable bonds is 8. The first-order chi connectivity index (χ1) is 22.6. The molecule has 2 saturated heterocycles. The monoisotopic (exact) mass is 704 g/mol. The third-order valence-electron chi connectivity index (χ3n) is 8.11. The van der Waals surface area contributed by atoms with Gasteiger partial charge in [-0.15, -0.1) is 13.2 Å². The van der Waals surface area contributed by atoms with Gasteiger partial charge in [-0.1, -0.05) is 11.6 Å². The van der Waals surface area contributed by atoms with Gasteiger partial charge in [0.1, 0.15) is 0 Å². The number of nitrogens with one attached hydrogen (secondary N) is 2. The van der Waals surface area contributed by atoms with E-state index >= 15 is 0 Å². The van der Waals surface area contributed by atoms with Crippen molar-refractivity contribution in [2.75, 3.05) is 51.2 Å². The topological polar surface area (TPSA) is 127 Å². The molecule has 1 aromatic carbocycles. The van der Waals surface area contributed by atoms with Crippen LogP contribution in [-0.2, 0) is 29.3 Å². The molecule has 0 atom stereocenters. The minimum absolute atomic E-state index is 0.0143. The minimum atomic E-state index is -4.97. The summed E-state index contributed by atoms with van der Waals surface area (Å²) < 4.78 is 83.5. The third-order valence-corrected chi connectivity index (χ3v) is 8.42. The van der Waals surface area contributed by atoms with Crippen molar-refractivity contribution in [3.8, 4) is 11.3 Å². The van der Waals surface area contributed by atoms with Gasteiger partial charge in [0.05, 0.1) is 41.2 Å². The summed E-state index contributed by atoms with van der Waals surface area (Å²) in [4.78, 5) is 46.5. The zero-order valence-electron chi connectivity index (χ0n) is 25.5. The fourth-order valence-electron chi connectivity index (χ4n) is 5.64. The Morgan fingerprint density at radius 1 is 1.04 bits per heavy atom. The average Bonchev–Trinajstić information content (AvgIpc) is 3.64. The van der Waals surface area contributed by atoms with Crippen LogP contribution in [0.15, 0.2) is 30.6 Å². The van der Waals surface area contributed by atoms with Crippen molar-refractivity contribution < 1.29 is 45.5 Å². The molecule has 260 valence electrons. The molecule has 2 aromatic heterocycles. The van der Waals surface area contributed by atoms with Crippen LogP contribution in [0.1, 0.15) is 39.5 Å².